The van der Waals surface area contributed by atoms with Crippen LogP contribution in [-0.2, 0) is 17.7 Å². The van der Waals surface area contributed by atoms with Gasteiger partial charge in [0.05, 0.1) is 6.54 Å². The number of halogens is 1. The van der Waals surface area contributed by atoms with Crippen LogP contribution in [0.1, 0.15) is 45.2 Å². The summed E-state index contributed by atoms with van der Waals surface area (Å²) in [7, 11) is 0. The highest BCUT2D eigenvalue weighted by Gasteiger charge is 2.22. The number of carbonyl (C=O) groups is 1. The fourth-order valence-corrected chi connectivity index (χ4v) is 2.79. The summed E-state index contributed by atoms with van der Waals surface area (Å²) in [5.41, 5.74) is 8.55. The van der Waals surface area contributed by atoms with Crippen LogP contribution in [0.2, 0.25) is 0 Å². The first kappa shape index (κ1) is 26.7. The third-order valence-electron chi connectivity index (χ3n) is 4.22. The zero-order valence-electron chi connectivity index (χ0n) is 18.8. The number of nitrogens with two attached hydrogens (primary N) is 1. The maximum absolute atomic E-state index is 12.6. The second kappa shape index (κ2) is 13.1. The number of aryl methyl sites for hydroxylation is 1. The Bertz CT molecular complexity index is 837. The third kappa shape index (κ3) is 10.5. The average molecular weight is 539 g/mol. The van der Waals surface area contributed by atoms with Crippen LogP contribution in [-0.4, -0.2) is 40.6 Å². The summed E-state index contributed by atoms with van der Waals surface area (Å²) in [5, 5.41) is 3.11. The largest absolute Gasteiger partial charge is 0.444 e. The smallest absolute Gasteiger partial charge is 0.410 e. The molecule has 2 aromatic rings. The first-order chi connectivity index (χ1) is 14.3. The molecule has 1 heterocycles. The van der Waals surface area contributed by atoms with E-state index in [0.717, 1.165) is 17.7 Å². The van der Waals surface area contributed by atoms with Gasteiger partial charge in [-0.25, -0.2) is 4.79 Å². The molecule has 0 aliphatic heterocycles. The minimum Gasteiger partial charge on any atom is -0.444 e. The molecule has 8 heteroatoms. The first-order valence-corrected chi connectivity index (χ1v) is 10.3. The number of benzene rings is 1. The van der Waals surface area contributed by atoms with E-state index in [1.807, 2.05) is 45.0 Å². The van der Waals surface area contributed by atoms with Crippen LogP contribution >= 0.6 is 24.0 Å². The maximum Gasteiger partial charge on any atom is 0.410 e. The minimum atomic E-state index is -0.552. The molecule has 0 saturated heterocycles. The lowest BCUT2D eigenvalue weighted by atomic mass is 10.1. The van der Waals surface area contributed by atoms with Gasteiger partial charge in [0.1, 0.15) is 5.60 Å². The van der Waals surface area contributed by atoms with Crippen molar-refractivity contribution in [1.29, 1.82) is 0 Å². The zero-order valence-corrected chi connectivity index (χ0v) is 21.1. The monoisotopic (exact) mass is 539 g/mol. The Balaban J connectivity index is 0.00000480. The van der Waals surface area contributed by atoms with Crippen molar-refractivity contribution >= 4 is 41.7 Å². The number of guanidine groups is 1. The second-order valence-corrected chi connectivity index (χ2v) is 8.06. The van der Waals surface area contributed by atoms with Crippen molar-refractivity contribution in [3.05, 3.63) is 59.9 Å². The Labute approximate surface area is 202 Å². The van der Waals surface area contributed by atoms with Gasteiger partial charge in [-0.3, -0.25) is 9.98 Å². The number of nitrogens with zero attached hydrogens (tertiary/aromatic N) is 3. The molecule has 0 spiro atoms. The van der Waals surface area contributed by atoms with Crippen LogP contribution in [0.4, 0.5) is 10.5 Å². The number of nitrogens with one attached hydrogen (secondary N) is 1. The molecule has 0 aliphatic rings. The summed E-state index contributed by atoms with van der Waals surface area (Å²) in [6, 6.07) is 11.9. The summed E-state index contributed by atoms with van der Waals surface area (Å²) >= 11 is 0. The number of carbonyl (C=O) groups excluding carboxylic acids is 1. The fraction of sp³-hybridized carbons (Fsp3) is 0.435. The number of ether oxygens (including phenoxy) is 1. The van der Waals surface area contributed by atoms with Gasteiger partial charge >= 0.3 is 6.09 Å². The van der Waals surface area contributed by atoms with Crippen molar-refractivity contribution < 1.29 is 9.53 Å². The van der Waals surface area contributed by atoms with Crippen molar-refractivity contribution in [2.24, 2.45) is 10.7 Å². The van der Waals surface area contributed by atoms with Gasteiger partial charge in [-0.1, -0.05) is 25.1 Å². The molecule has 170 valence electrons. The lowest BCUT2D eigenvalue weighted by Gasteiger charge is -2.27. The van der Waals surface area contributed by atoms with Crippen LogP contribution in [0.25, 0.3) is 0 Å². The topological polar surface area (TPSA) is 92.8 Å². The number of aromatic nitrogens is 1. The Morgan fingerprint density at radius 1 is 1.23 bits per heavy atom. The van der Waals surface area contributed by atoms with Crippen molar-refractivity contribution in [3.63, 3.8) is 0 Å². The number of aliphatic imine (C=N–C) groups is 1. The highest BCUT2D eigenvalue weighted by Crippen LogP contribution is 2.13. The van der Waals surface area contributed by atoms with Crippen LogP contribution in [0.3, 0.4) is 0 Å². The van der Waals surface area contributed by atoms with Gasteiger partial charge in [0.15, 0.2) is 5.96 Å². The molecule has 0 atom stereocenters. The van der Waals surface area contributed by atoms with Crippen molar-refractivity contribution in [1.82, 2.24) is 9.88 Å². The summed E-state index contributed by atoms with van der Waals surface area (Å²) < 4.78 is 5.54. The summed E-state index contributed by atoms with van der Waals surface area (Å²) in [6.45, 7) is 9.12. The summed E-state index contributed by atoms with van der Waals surface area (Å²) in [4.78, 5) is 22.8. The van der Waals surface area contributed by atoms with Crippen molar-refractivity contribution in [2.45, 2.75) is 52.7 Å². The van der Waals surface area contributed by atoms with E-state index in [4.69, 9.17) is 10.5 Å². The van der Waals surface area contributed by atoms with Gasteiger partial charge in [-0.2, -0.15) is 0 Å². The van der Waals surface area contributed by atoms with Crippen LogP contribution < -0.4 is 11.1 Å². The number of amides is 1. The van der Waals surface area contributed by atoms with Gasteiger partial charge in [-0.05, 0) is 62.9 Å². The van der Waals surface area contributed by atoms with Gasteiger partial charge in [0.25, 0.3) is 0 Å². The third-order valence-corrected chi connectivity index (χ3v) is 4.22. The number of rotatable bonds is 8. The molecule has 0 saturated carbocycles. The SMILES string of the molecule is CCc1cccc(NC(N)=NCCCN(Cc2cccnc2)C(=O)OC(C)(C)C)c1.I. The van der Waals surface area contributed by atoms with Gasteiger partial charge in [0, 0.05) is 31.2 Å². The molecular weight excluding hydrogens is 505 g/mol. The summed E-state index contributed by atoms with van der Waals surface area (Å²) in [6.07, 6.45) is 4.74. The van der Waals surface area contributed by atoms with Crippen LogP contribution in [0.5, 0.6) is 0 Å². The maximum atomic E-state index is 12.6. The molecule has 1 aromatic heterocycles. The highest BCUT2D eigenvalue weighted by molar-refractivity contribution is 14.0. The minimum absolute atomic E-state index is 0. The summed E-state index contributed by atoms with van der Waals surface area (Å²) in [5.74, 6) is 0.360. The predicted molar refractivity (Wildman–Crippen MR) is 137 cm³/mol. The van der Waals surface area contributed by atoms with E-state index in [0.29, 0.717) is 32.0 Å². The average Bonchev–Trinajstić information content (AvgIpc) is 2.70. The van der Waals surface area contributed by atoms with Crippen molar-refractivity contribution in [3.8, 4) is 0 Å². The molecule has 1 amide bonds. The Morgan fingerprint density at radius 2 is 1.97 bits per heavy atom. The standard InChI is InChI=1S/C23H33N5O2.HI/c1-5-18-9-6-11-20(15-18)27-21(24)26-13-8-14-28(22(29)30-23(2,3)4)17-19-10-7-12-25-16-19;/h6-7,9-12,15-16H,5,8,13-14,17H2,1-4H3,(H3,24,26,27);1H. The van der Waals surface area contributed by atoms with Crippen molar-refractivity contribution in [2.75, 3.05) is 18.4 Å². The molecular formula is C23H34IN5O2. The van der Waals surface area contributed by atoms with Gasteiger partial charge in [-0.15, -0.1) is 24.0 Å². The van der Waals surface area contributed by atoms with E-state index >= 15 is 0 Å². The number of hydrogen-bond acceptors (Lipinski definition) is 4. The second-order valence-electron chi connectivity index (χ2n) is 8.06. The molecule has 0 aliphatic carbocycles. The number of anilines is 1. The molecule has 0 fully saturated rings. The van der Waals surface area contributed by atoms with E-state index in [1.54, 1.807) is 17.3 Å². The molecule has 2 rings (SSSR count). The Kier molecular flexibility index (Phi) is 11.3. The fourth-order valence-electron chi connectivity index (χ4n) is 2.79. The number of hydrogen-bond donors (Lipinski definition) is 2. The Morgan fingerprint density at radius 3 is 2.61 bits per heavy atom. The van der Waals surface area contributed by atoms with E-state index in [1.165, 1.54) is 5.56 Å². The van der Waals surface area contributed by atoms with Crippen LogP contribution in [0.15, 0.2) is 53.8 Å². The molecule has 7 nitrogen and oxygen atoms in total. The lowest BCUT2D eigenvalue weighted by molar-refractivity contribution is 0.0232. The molecule has 31 heavy (non-hydrogen) atoms. The zero-order chi connectivity index (χ0) is 22.0. The predicted octanol–water partition coefficient (Wildman–Crippen LogP) is 4.82. The molecule has 0 unspecified atom stereocenters. The first-order valence-electron chi connectivity index (χ1n) is 10.3. The van der Waals surface area contributed by atoms with Gasteiger partial charge < -0.3 is 20.7 Å². The molecule has 0 radical (unpaired) electrons. The Hall–Kier alpha value is -2.36. The van der Waals surface area contributed by atoms with E-state index < -0.39 is 5.60 Å². The normalized spacial score (nSPS) is 11.4. The molecule has 0 bridgehead atoms. The van der Waals surface area contributed by atoms with Gasteiger partial charge in [0.2, 0.25) is 0 Å². The van der Waals surface area contributed by atoms with Crippen LogP contribution in [0, 0.1) is 0 Å². The number of pyridine rings is 1. The molecule has 1 aromatic carbocycles. The van der Waals surface area contributed by atoms with E-state index in [2.05, 4.69) is 34.3 Å². The highest BCUT2D eigenvalue weighted by atomic mass is 127. The molecule has 3 N–H and O–H groups in total. The van der Waals surface area contributed by atoms with E-state index in [9.17, 15) is 4.79 Å². The van der Waals surface area contributed by atoms with E-state index in [-0.39, 0.29) is 30.1 Å². The lowest BCUT2D eigenvalue weighted by Crippen LogP contribution is -2.37. The quantitative estimate of drug-likeness (QED) is 0.217.